The van der Waals surface area contributed by atoms with Crippen LogP contribution in [-0.2, 0) is 4.74 Å². The normalized spacial score (nSPS) is 18.8. The number of ether oxygens (including phenoxy) is 1. The second-order valence-electron chi connectivity index (χ2n) is 6.16. The zero-order valence-electron chi connectivity index (χ0n) is 14.1. The molecule has 0 spiro atoms. The Bertz CT molecular complexity index is 1030. The maximum atomic E-state index is 14.7. The number of hydrogen-bond acceptors (Lipinski definition) is 4. The van der Waals surface area contributed by atoms with Gasteiger partial charge < -0.3 is 4.74 Å². The van der Waals surface area contributed by atoms with Crippen molar-refractivity contribution >= 4 is 23.5 Å². The Hall–Kier alpha value is -3.07. The Morgan fingerprint density at radius 1 is 1.21 bits per heavy atom. The van der Waals surface area contributed by atoms with Gasteiger partial charge in [-0.1, -0.05) is 17.7 Å². The first-order valence-corrected chi connectivity index (χ1v) is 8.50. The number of anilines is 1. The van der Waals surface area contributed by atoms with Crippen molar-refractivity contribution < 1.29 is 22.7 Å². The topological polar surface area (TPSA) is 71.1 Å². The van der Waals surface area contributed by atoms with Crippen molar-refractivity contribution in [1.29, 1.82) is 0 Å². The Morgan fingerprint density at radius 3 is 2.68 bits per heavy atom. The summed E-state index contributed by atoms with van der Waals surface area (Å²) in [6, 6.07) is 8.00. The van der Waals surface area contributed by atoms with E-state index in [-0.39, 0.29) is 16.4 Å². The summed E-state index contributed by atoms with van der Waals surface area (Å²) in [6.45, 7) is -0.960. The number of halogens is 4. The van der Waals surface area contributed by atoms with Gasteiger partial charge in [0.2, 0.25) is 0 Å². The van der Waals surface area contributed by atoms with Gasteiger partial charge in [0.05, 0.1) is 17.3 Å². The molecule has 1 aromatic carbocycles. The van der Waals surface area contributed by atoms with Gasteiger partial charge in [0, 0.05) is 29.6 Å². The molecule has 10 heteroatoms. The van der Waals surface area contributed by atoms with Crippen LogP contribution < -0.4 is 4.90 Å². The summed E-state index contributed by atoms with van der Waals surface area (Å²) in [5, 5.41) is 6.38. The van der Waals surface area contributed by atoms with Gasteiger partial charge in [-0.2, -0.15) is 5.10 Å². The van der Waals surface area contributed by atoms with Crippen LogP contribution in [0.25, 0.3) is 11.3 Å². The summed E-state index contributed by atoms with van der Waals surface area (Å²) >= 11 is 5.58. The van der Waals surface area contributed by atoms with E-state index in [1.165, 1.54) is 12.1 Å². The Kier molecular flexibility index (Phi) is 4.46. The SMILES string of the molecule is O=C1OC(c2ccc(Cl)c(F)c2)C(F)(F)CN1c1cc(-c2ccncc2)n[nH]1. The van der Waals surface area contributed by atoms with Crippen molar-refractivity contribution in [3.05, 3.63) is 65.2 Å². The number of nitrogens with zero attached hydrogens (tertiary/aromatic N) is 3. The third kappa shape index (κ3) is 3.29. The number of carbonyl (C=O) groups excluding carboxylic acids is 1. The van der Waals surface area contributed by atoms with Crippen LogP contribution in [0.5, 0.6) is 0 Å². The van der Waals surface area contributed by atoms with Crippen LogP contribution in [0.4, 0.5) is 23.8 Å². The van der Waals surface area contributed by atoms with Gasteiger partial charge >= 0.3 is 12.0 Å². The second kappa shape index (κ2) is 6.83. The van der Waals surface area contributed by atoms with Gasteiger partial charge in [-0.15, -0.1) is 0 Å². The fourth-order valence-electron chi connectivity index (χ4n) is 2.90. The molecule has 0 aliphatic carbocycles. The fraction of sp³-hybridized carbons (Fsp3) is 0.167. The molecule has 28 heavy (non-hydrogen) atoms. The third-order valence-corrected chi connectivity index (χ3v) is 4.58. The molecule has 0 radical (unpaired) electrons. The van der Waals surface area contributed by atoms with E-state index in [0.717, 1.165) is 17.0 Å². The molecule has 1 amide bonds. The first-order valence-electron chi connectivity index (χ1n) is 8.12. The van der Waals surface area contributed by atoms with Gasteiger partial charge in [-0.05, 0) is 24.3 Å². The Morgan fingerprint density at radius 2 is 1.96 bits per heavy atom. The number of H-pyrrole nitrogens is 1. The van der Waals surface area contributed by atoms with Crippen molar-refractivity contribution in [3.63, 3.8) is 0 Å². The summed E-state index contributed by atoms with van der Waals surface area (Å²) in [5.41, 5.74) is 0.974. The van der Waals surface area contributed by atoms with Crippen LogP contribution in [0.3, 0.4) is 0 Å². The number of benzene rings is 1. The summed E-state index contributed by atoms with van der Waals surface area (Å²) in [7, 11) is 0. The molecule has 6 nitrogen and oxygen atoms in total. The molecular weight excluding hydrogens is 397 g/mol. The standard InChI is InChI=1S/C18H12ClF3N4O2/c19-12-2-1-11(7-13(12)20)16-18(21,22)9-26(17(27)28-16)15-8-14(24-25-15)10-3-5-23-6-4-10/h1-8,16H,9H2,(H,24,25). The lowest BCUT2D eigenvalue weighted by molar-refractivity contribution is -0.121. The molecule has 1 saturated heterocycles. The van der Waals surface area contributed by atoms with Crippen molar-refractivity contribution in [3.8, 4) is 11.3 Å². The molecule has 1 fully saturated rings. The van der Waals surface area contributed by atoms with E-state index in [2.05, 4.69) is 15.2 Å². The lowest BCUT2D eigenvalue weighted by atomic mass is 10.0. The zero-order valence-corrected chi connectivity index (χ0v) is 14.8. The lowest BCUT2D eigenvalue weighted by Gasteiger charge is -2.37. The van der Waals surface area contributed by atoms with E-state index >= 15 is 0 Å². The highest BCUT2D eigenvalue weighted by molar-refractivity contribution is 6.30. The summed E-state index contributed by atoms with van der Waals surface area (Å²) in [5.74, 6) is -4.29. The minimum atomic E-state index is -3.48. The number of hydrogen-bond donors (Lipinski definition) is 1. The molecule has 3 aromatic rings. The number of pyridine rings is 1. The quantitative estimate of drug-likeness (QED) is 0.687. The van der Waals surface area contributed by atoms with Crippen molar-refractivity contribution in [2.45, 2.75) is 12.0 Å². The molecule has 144 valence electrons. The minimum absolute atomic E-state index is 0.0530. The Balaban J connectivity index is 1.60. The predicted octanol–water partition coefficient (Wildman–Crippen LogP) is 4.60. The summed E-state index contributed by atoms with van der Waals surface area (Å²) in [6.07, 6.45) is 0.188. The number of aromatic amines is 1. The van der Waals surface area contributed by atoms with Crippen LogP contribution in [0.2, 0.25) is 5.02 Å². The van der Waals surface area contributed by atoms with Gasteiger partial charge in [-0.25, -0.2) is 18.0 Å². The largest absolute Gasteiger partial charge is 0.434 e. The van der Waals surface area contributed by atoms with E-state index in [9.17, 15) is 18.0 Å². The van der Waals surface area contributed by atoms with E-state index in [4.69, 9.17) is 16.3 Å². The van der Waals surface area contributed by atoms with E-state index < -0.39 is 30.5 Å². The van der Waals surface area contributed by atoms with E-state index in [0.29, 0.717) is 11.3 Å². The van der Waals surface area contributed by atoms with Crippen LogP contribution in [0.15, 0.2) is 48.8 Å². The number of alkyl halides is 2. The number of rotatable bonds is 3. The fourth-order valence-corrected chi connectivity index (χ4v) is 3.02. The van der Waals surface area contributed by atoms with Gasteiger partial charge in [0.25, 0.3) is 0 Å². The van der Waals surface area contributed by atoms with Gasteiger partial charge in [-0.3, -0.25) is 15.0 Å². The number of nitrogens with one attached hydrogen (secondary N) is 1. The smallest absolute Gasteiger partial charge is 0.416 e. The molecule has 1 unspecified atom stereocenters. The molecule has 0 bridgehead atoms. The zero-order chi connectivity index (χ0) is 19.9. The Labute approximate surface area is 161 Å². The number of aromatic nitrogens is 3. The number of amides is 1. The van der Waals surface area contributed by atoms with Crippen LogP contribution in [0.1, 0.15) is 11.7 Å². The molecule has 1 aliphatic heterocycles. The average Bonchev–Trinajstić information content (AvgIpc) is 3.16. The second-order valence-corrected chi connectivity index (χ2v) is 6.57. The summed E-state index contributed by atoms with van der Waals surface area (Å²) in [4.78, 5) is 17.0. The molecule has 1 atom stereocenters. The van der Waals surface area contributed by atoms with Crippen molar-refractivity contribution in [2.24, 2.45) is 0 Å². The average molecular weight is 409 g/mol. The minimum Gasteiger partial charge on any atom is -0.434 e. The van der Waals surface area contributed by atoms with E-state index in [1.54, 1.807) is 24.5 Å². The highest BCUT2D eigenvalue weighted by Crippen LogP contribution is 2.41. The van der Waals surface area contributed by atoms with Crippen molar-refractivity contribution in [2.75, 3.05) is 11.4 Å². The molecule has 4 rings (SSSR count). The molecule has 0 saturated carbocycles. The van der Waals surface area contributed by atoms with Crippen LogP contribution in [0, 0.1) is 5.82 Å². The highest BCUT2D eigenvalue weighted by atomic mass is 35.5. The first kappa shape index (κ1) is 18.3. The maximum Gasteiger partial charge on any atom is 0.416 e. The molecule has 2 aromatic heterocycles. The molecule has 3 heterocycles. The molecule has 1 aliphatic rings. The van der Waals surface area contributed by atoms with Crippen LogP contribution >= 0.6 is 11.6 Å². The monoisotopic (exact) mass is 408 g/mol. The number of cyclic esters (lactones) is 1. The molecular formula is C18H12ClF3N4O2. The maximum absolute atomic E-state index is 14.7. The van der Waals surface area contributed by atoms with Crippen LogP contribution in [-0.4, -0.2) is 33.7 Å². The van der Waals surface area contributed by atoms with E-state index in [1.807, 2.05) is 0 Å². The predicted molar refractivity (Wildman–Crippen MR) is 94.7 cm³/mol. The summed E-state index contributed by atoms with van der Waals surface area (Å²) < 4.78 is 48.0. The van der Waals surface area contributed by atoms with Crippen molar-refractivity contribution in [1.82, 2.24) is 15.2 Å². The lowest BCUT2D eigenvalue weighted by Crippen LogP contribution is -2.51. The first-order chi connectivity index (χ1) is 13.3. The molecule has 1 N–H and O–H groups in total. The van der Waals surface area contributed by atoms with Gasteiger partial charge in [0.15, 0.2) is 6.10 Å². The number of carbonyl (C=O) groups is 1. The third-order valence-electron chi connectivity index (χ3n) is 4.27. The van der Waals surface area contributed by atoms with Gasteiger partial charge in [0.1, 0.15) is 11.6 Å². The highest BCUT2D eigenvalue weighted by Gasteiger charge is 2.51.